The van der Waals surface area contributed by atoms with Gasteiger partial charge in [-0.2, -0.15) is 10.1 Å². The van der Waals surface area contributed by atoms with Crippen molar-refractivity contribution in [2.24, 2.45) is 5.10 Å². The molecule has 0 atom stereocenters. The number of fused-ring (bicyclic) bond motifs is 1. The zero-order chi connectivity index (χ0) is 20.9. The first-order valence-electron chi connectivity index (χ1n) is 8.95. The number of carbonyl (C=O) groups excluding carboxylic acids is 1. The summed E-state index contributed by atoms with van der Waals surface area (Å²) in [5.74, 6) is 0.307. The highest BCUT2D eigenvalue weighted by atomic mass is 79.9. The number of para-hydroxylation sites is 1. The third-order valence-electron chi connectivity index (χ3n) is 4.05. The van der Waals surface area contributed by atoms with E-state index in [1.54, 1.807) is 18.3 Å². The molecule has 1 heterocycles. The summed E-state index contributed by atoms with van der Waals surface area (Å²) < 4.78 is 8.51. The van der Waals surface area contributed by atoms with Gasteiger partial charge >= 0.3 is 0 Å². The molecule has 0 bridgehead atoms. The molecule has 0 spiro atoms. The van der Waals surface area contributed by atoms with Crippen molar-refractivity contribution in [2.75, 3.05) is 11.6 Å². The second-order valence-corrected chi connectivity index (χ2v) is 9.05. The number of hydrogen-bond acceptors (Lipinski definition) is 5. The summed E-state index contributed by atoms with van der Waals surface area (Å²) in [5.41, 5.74) is 1.67. The Morgan fingerprint density at radius 1 is 1.03 bits per heavy atom. The number of nitrogens with zero attached hydrogens (tertiary/aromatic N) is 3. The smallest absolute Gasteiger partial charge is 0.287 e. The highest BCUT2D eigenvalue weighted by molar-refractivity contribution is 9.10. The van der Waals surface area contributed by atoms with Gasteiger partial charge in [-0.3, -0.25) is 4.79 Å². The van der Waals surface area contributed by atoms with E-state index < -0.39 is 0 Å². The van der Waals surface area contributed by atoms with Crippen LogP contribution >= 0.6 is 43.2 Å². The molecule has 0 aliphatic heterocycles. The minimum atomic E-state index is -0.315. The normalized spacial score (nSPS) is 11.1. The Morgan fingerprint density at radius 3 is 2.53 bits per heavy atom. The number of hydrogen-bond donors (Lipinski definition) is 0. The van der Waals surface area contributed by atoms with E-state index in [0.717, 1.165) is 24.7 Å². The van der Waals surface area contributed by atoms with Gasteiger partial charge in [-0.15, -0.1) is 0 Å². The van der Waals surface area contributed by atoms with E-state index in [9.17, 15) is 4.79 Å². The number of carbonyl (C=O) groups is 1. The van der Waals surface area contributed by atoms with Crippen LogP contribution in [0, 0.1) is 0 Å². The second kappa shape index (κ2) is 9.51. The first-order chi connectivity index (χ1) is 14.6. The van der Waals surface area contributed by atoms with Gasteiger partial charge in [0.15, 0.2) is 6.61 Å². The third-order valence-corrected chi connectivity index (χ3v) is 6.07. The zero-order valence-electron chi connectivity index (χ0n) is 15.5. The molecule has 0 fully saturated rings. The molecule has 3 aromatic carbocycles. The summed E-state index contributed by atoms with van der Waals surface area (Å²) in [7, 11) is 0. The van der Waals surface area contributed by atoms with Gasteiger partial charge in [-0.25, -0.2) is 4.98 Å². The Hall–Kier alpha value is -2.55. The number of thiazole rings is 1. The molecule has 4 rings (SSSR count). The Balaban J connectivity index is 1.62. The molecule has 5 nitrogen and oxygen atoms in total. The largest absolute Gasteiger partial charge is 0.484 e. The van der Waals surface area contributed by atoms with Gasteiger partial charge in [0.05, 0.1) is 16.4 Å². The molecule has 30 heavy (non-hydrogen) atoms. The number of ether oxygens (including phenoxy) is 1. The first kappa shape index (κ1) is 20.7. The summed E-state index contributed by atoms with van der Waals surface area (Å²) in [6, 6.07) is 22.7. The predicted molar refractivity (Wildman–Crippen MR) is 128 cm³/mol. The van der Waals surface area contributed by atoms with E-state index in [0.29, 0.717) is 10.9 Å². The Kier molecular flexibility index (Phi) is 6.56. The van der Waals surface area contributed by atoms with Crippen LogP contribution in [0.5, 0.6) is 5.75 Å². The van der Waals surface area contributed by atoms with Crippen molar-refractivity contribution in [2.45, 2.75) is 0 Å². The van der Waals surface area contributed by atoms with Gasteiger partial charge in [0.1, 0.15) is 5.75 Å². The van der Waals surface area contributed by atoms with Crippen molar-refractivity contribution >= 4 is 70.7 Å². The number of hydrazone groups is 1. The van der Waals surface area contributed by atoms with E-state index in [4.69, 9.17) is 4.74 Å². The van der Waals surface area contributed by atoms with Crippen LogP contribution in [-0.2, 0) is 4.79 Å². The number of benzene rings is 3. The SMILES string of the molecule is O=C(COc1ccccc1)N(/N=C/c1ccc(Br)cc1)c1nc2ccc(Br)cc2s1. The van der Waals surface area contributed by atoms with Crippen molar-refractivity contribution in [1.29, 1.82) is 0 Å². The van der Waals surface area contributed by atoms with Gasteiger partial charge in [0.25, 0.3) is 5.91 Å². The fraction of sp³-hybridized carbons (Fsp3) is 0.0455. The number of anilines is 1. The van der Waals surface area contributed by atoms with Crippen molar-refractivity contribution in [3.8, 4) is 5.75 Å². The molecule has 0 unspecified atom stereocenters. The van der Waals surface area contributed by atoms with Crippen LogP contribution in [0.4, 0.5) is 5.13 Å². The van der Waals surface area contributed by atoms with E-state index in [1.165, 1.54) is 16.3 Å². The summed E-state index contributed by atoms with van der Waals surface area (Å²) in [4.78, 5) is 17.6. The monoisotopic (exact) mass is 543 g/mol. The molecule has 1 aromatic heterocycles. The molecule has 0 aliphatic rings. The lowest BCUT2D eigenvalue weighted by atomic mass is 10.2. The maximum absolute atomic E-state index is 13.0. The van der Waals surface area contributed by atoms with Gasteiger partial charge in [0.2, 0.25) is 5.13 Å². The average Bonchev–Trinajstić information content (AvgIpc) is 3.17. The standard InChI is InChI=1S/C22H15Br2N3O2S/c23-16-8-6-15(7-9-16)13-25-27(21(28)14-29-18-4-2-1-3-5-18)22-26-19-11-10-17(24)12-20(19)30-22/h1-13H,14H2/b25-13+. The van der Waals surface area contributed by atoms with E-state index >= 15 is 0 Å². The molecule has 150 valence electrons. The minimum absolute atomic E-state index is 0.151. The van der Waals surface area contributed by atoms with Gasteiger partial charge in [-0.05, 0) is 48.0 Å². The molecule has 0 aliphatic carbocycles. The third kappa shape index (κ3) is 5.13. The van der Waals surface area contributed by atoms with Crippen molar-refractivity contribution in [3.63, 3.8) is 0 Å². The molecule has 0 saturated heterocycles. The van der Waals surface area contributed by atoms with Crippen LogP contribution in [0.1, 0.15) is 5.56 Å². The quantitative estimate of drug-likeness (QED) is 0.212. The molecule has 1 amide bonds. The molecule has 8 heteroatoms. The van der Waals surface area contributed by atoms with Crippen LogP contribution < -0.4 is 9.75 Å². The van der Waals surface area contributed by atoms with E-state index in [1.807, 2.05) is 60.7 Å². The first-order valence-corrected chi connectivity index (χ1v) is 11.4. The molecular formula is C22H15Br2N3O2S. The predicted octanol–water partition coefficient (Wildman–Crippen LogP) is 6.27. The van der Waals surface area contributed by atoms with Crippen LogP contribution in [0.3, 0.4) is 0 Å². The maximum atomic E-state index is 13.0. The molecule has 0 saturated carbocycles. The maximum Gasteiger partial charge on any atom is 0.287 e. The van der Waals surface area contributed by atoms with Crippen molar-refractivity contribution in [3.05, 3.63) is 87.3 Å². The average molecular weight is 545 g/mol. The second-order valence-electron chi connectivity index (χ2n) is 6.21. The lowest BCUT2D eigenvalue weighted by Crippen LogP contribution is -2.30. The highest BCUT2D eigenvalue weighted by Crippen LogP contribution is 2.31. The topological polar surface area (TPSA) is 54.8 Å². The Morgan fingerprint density at radius 2 is 1.77 bits per heavy atom. The Bertz CT molecular complexity index is 1190. The minimum Gasteiger partial charge on any atom is -0.484 e. The van der Waals surface area contributed by atoms with Crippen LogP contribution in [0.25, 0.3) is 10.2 Å². The van der Waals surface area contributed by atoms with Crippen LogP contribution in [0.15, 0.2) is 86.8 Å². The van der Waals surface area contributed by atoms with Crippen molar-refractivity contribution < 1.29 is 9.53 Å². The van der Waals surface area contributed by atoms with Gasteiger partial charge in [-0.1, -0.05) is 73.5 Å². The van der Waals surface area contributed by atoms with Crippen molar-refractivity contribution in [1.82, 2.24) is 4.98 Å². The van der Waals surface area contributed by atoms with E-state index in [2.05, 4.69) is 41.9 Å². The molecule has 0 N–H and O–H groups in total. The summed E-state index contributed by atoms with van der Waals surface area (Å²) >= 11 is 8.28. The fourth-order valence-corrected chi connectivity index (χ4v) is 4.35. The van der Waals surface area contributed by atoms with E-state index in [-0.39, 0.29) is 12.5 Å². The highest BCUT2D eigenvalue weighted by Gasteiger charge is 2.20. The summed E-state index contributed by atoms with van der Waals surface area (Å²) in [6.07, 6.45) is 1.63. The Labute approximate surface area is 194 Å². The number of halogens is 2. The number of aromatic nitrogens is 1. The number of rotatable bonds is 6. The lowest BCUT2D eigenvalue weighted by molar-refractivity contribution is -0.120. The molecule has 0 radical (unpaired) electrons. The number of amides is 1. The van der Waals surface area contributed by atoms with Crippen LogP contribution in [0.2, 0.25) is 0 Å². The summed E-state index contributed by atoms with van der Waals surface area (Å²) in [6.45, 7) is -0.151. The molecular weight excluding hydrogens is 530 g/mol. The van der Waals surface area contributed by atoms with Gasteiger partial charge in [0, 0.05) is 8.95 Å². The zero-order valence-corrected chi connectivity index (χ0v) is 19.5. The lowest BCUT2D eigenvalue weighted by Gasteiger charge is -2.14. The molecule has 4 aromatic rings. The summed E-state index contributed by atoms with van der Waals surface area (Å²) in [5, 5.41) is 6.20. The van der Waals surface area contributed by atoms with Crippen LogP contribution in [-0.4, -0.2) is 23.7 Å². The fourth-order valence-electron chi connectivity index (χ4n) is 2.59. The van der Waals surface area contributed by atoms with Gasteiger partial charge < -0.3 is 4.74 Å².